The van der Waals surface area contributed by atoms with Crippen LogP contribution in [0.1, 0.15) is 11.1 Å². The van der Waals surface area contributed by atoms with E-state index in [1.807, 2.05) is 6.07 Å². The van der Waals surface area contributed by atoms with Crippen molar-refractivity contribution in [3.63, 3.8) is 0 Å². The molecule has 0 saturated heterocycles. The minimum absolute atomic E-state index is 0.0718. The van der Waals surface area contributed by atoms with E-state index in [1.165, 1.54) is 34.8 Å². The highest BCUT2D eigenvalue weighted by molar-refractivity contribution is 7.92. The highest BCUT2D eigenvalue weighted by Gasteiger charge is 2.32. The Morgan fingerprint density at radius 3 is 2.47 bits per heavy atom. The molecule has 1 aliphatic heterocycles. The molecule has 0 amide bonds. The largest absolute Gasteiger partial charge is 0.489 e. The third-order valence-corrected chi connectivity index (χ3v) is 7.00. The summed E-state index contributed by atoms with van der Waals surface area (Å²) < 4.78 is 39.6. The SMILES string of the molecule is N#Cc1ccc(S(=O)(=O)N2CCOc3c(-c4cc5cc(C#N)ccc5o4)cncc32)cc1. The molecule has 0 radical (unpaired) electrons. The highest BCUT2D eigenvalue weighted by Crippen LogP contribution is 2.43. The van der Waals surface area contributed by atoms with Crippen LogP contribution in [0.5, 0.6) is 5.75 Å². The first-order chi connectivity index (χ1) is 15.5. The van der Waals surface area contributed by atoms with E-state index < -0.39 is 10.0 Å². The summed E-state index contributed by atoms with van der Waals surface area (Å²) in [6, 6.07) is 16.7. The van der Waals surface area contributed by atoms with Crippen molar-refractivity contribution in [2.24, 2.45) is 0 Å². The summed E-state index contributed by atoms with van der Waals surface area (Å²) in [5, 5.41) is 18.8. The number of nitriles is 2. The number of hydrogen-bond acceptors (Lipinski definition) is 7. The van der Waals surface area contributed by atoms with Crippen molar-refractivity contribution in [2.75, 3.05) is 17.5 Å². The van der Waals surface area contributed by atoms with Crippen molar-refractivity contribution in [3.8, 4) is 29.2 Å². The predicted octanol–water partition coefficient (Wildman–Crippen LogP) is 3.83. The van der Waals surface area contributed by atoms with Gasteiger partial charge in [0.1, 0.15) is 23.6 Å². The Bertz CT molecular complexity index is 1540. The van der Waals surface area contributed by atoms with Gasteiger partial charge in [-0.25, -0.2) is 8.42 Å². The van der Waals surface area contributed by atoms with Gasteiger partial charge in [-0.1, -0.05) is 0 Å². The maximum atomic E-state index is 13.3. The quantitative estimate of drug-likeness (QED) is 0.473. The van der Waals surface area contributed by atoms with E-state index in [-0.39, 0.29) is 18.0 Å². The van der Waals surface area contributed by atoms with Crippen LogP contribution in [0.3, 0.4) is 0 Å². The number of anilines is 1. The van der Waals surface area contributed by atoms with Crippen LogP contribution in [0, 0.1) is 22.7 Å². The van der Waals surface area contributed by atoms with Crippen LogP contribution >= 0.6 is 0 Å². The van der Waals surface area contributed by atoms with Gasteiger partial charge in [0.15, 0.2) is 5.75 Å². The summed E-state index contributed by atoms with van der Waals surface area (Å²) in [4.78, 5) is 4.29. The third-order valence-electron chi connectivity index (χ3n) is 5.17. The van der Waals surface area contributed by atoms with Crippen molar-refractivity contribution in [1.82, 2.24) is 4.98 Å². The molecule has 9 heteroatoms. The average molecular weight is 442 g/mol. The van der Waals surface area contributed by atoms with Gasteiger partial charge in [0, 0.05) is 11.6 Å². The summed E-state index contributed by atoms with van der Waals surface area (Å²) in [6.45, 7) is 0.268. The second kappa shape index (κ2) is 7.41. The minimum atomic E-state index is -3.90. The lowest BCUT2D eigenvalue weighted by atomic mass is 10.1. The number of fused-ring (bicyclic) bond motifs is 2. The number of pyridine rings is 1. The molecule has 0 aliphatic carbocycles. The number of hydrogen-bond donors (Lipinski definition) is 0. The van der Waals surface area contributed by atoms with Crippen LogP contribution in [0.4, 0.5) is 5.69 Å². The van der Waals surface area contributed by atoms with Gasteiger partial charge in [-0.15, -0.1) is 0 Å². The number of nitrogens with zero attached hydrogens (tertiary/aromatic N) is 4. The van der Waals surface area contributed by atoms with Gasteiger partial charge < -0.3 is 9.15 Å². The molecule has 8 nitrogen and oxygen atoms in total. The first kappa shape index (κ1) is 19.6. The Kier molecular flexibility index (Phi) is 4.54. The lowest BCUT2D eigenvalue weighted by molar-refractivity contribution is 0.316. The zero-order valence-electron chi connectivity index (χ0n) is 16.5. The molecule has 3 heterocycles. The molecule has 2 aromatic heterocycles. The van der Waals surface area contributed by atoms with Gasteiger partial charge in [0.05, 0.1) is 46.5 Å². The number of rotatable bonds is 3. The van der Waals surface area contributed by atoms with Gasteiger partial charge in [0.25, 0.3) is 10.0 Å². The fourth-order valence-electron chi connectivity index (χ4n) is 3.62. The van der Waals surface area contributed by atoms with Crippen LogP contribution in [0.2, 0.25) is 0 Å². The Hall–Kier alpha value is -4.34. The first-order valence-electron chi connectivity index (χ1n) is 9.59. The molecule has 0 spiro atoms. The van der Waals surface area contributed by atoms with Crippen LogP contribution in [0.15, 0.2) is 70.2 Å². The van der Waals surface area contributed by atoms with Gasteiger partial charge in [-0.3, -0.25) is 9.29 Å². The van der Waals surface area contributed by atoms with Crippen LogP contribution in [0.25, 0.3) is 22.3 Å². The summed E-state index contributed by atoms with van der Waals surface area (Å²) in [7, 11) is -3.90. The van der Waals surface area contributed by atoms with Gasteiger partial charge in [0.2, 0.25) is 0 Å². The van der Waals surface area contributed by atoms with Crippen LogP contribution in [-0.2, 0) is 10.0 Å². The standard InChI is InChI=1S/C23H14N4O4S/c24-11-15-1-4-18(5-2-15)32(28,29)27-7-8-30-23-19(13-26-14-20(23)27)22-10-17-9-16(12-25)3-6-21(17)31-22/h1-6,9-10,13-14H,7-8H2. The third kappa shape index (κ3) is 3.13. The number of sulfonamides is 1. The molecule has 0 saturated carbocycles. The molecule has 4 aromatic rings. The van der Waals surface area contributed by atoms with Crippen LogP contribution in [-0.4, -0.2) is 26.6 Å². The topological polar surface area (TPSA) is 120 Å². The molecule has 0 unspecified atom stereocenters. The van der Waals surface area contributed by atoms with Gasteiger partial charge in [-0.05, 0) is 48.5 Å². The highest BCUT2D eigenvalue weighted by atomic mass is 32.2. The van der Waals surface area contributed by atoms with E-state index in [1.54, 1.807) is 30.5 Å². The second-order valence-electron chi connectivity index (χ2n) is 7.07. The first-order valence-corrected chi connectivity index (χ1v) is 11.0. The molecule has 2 aromatic carbocycles. The molecule has 0 atom stereocenters. The summed E-state index contributed by atoms with van der Waals surface area (Å²) in [5.41, 5.74) is 2.29. The Balaban J connectivity index is 1.60. The summed E-state index contributed by atoms with van der Waals surface area (Å²) >= 11 is 0. The molecular weight excluding hydrogens is 428 g/mol. The molecule has 1 aliphatic rings. The van der Waals surface area contributed by atoms with Gasteiger partial charge in [-0.2, -0.15) is 10.5 Å². The van der Waals surface area contributed by atoms with Crippen molar-refractivity contribution >= 4 is 26.7 Å². The molecule has 156 valence electrons. The Morgan fingerprint density at radius 1 is 0.969 bits per heavy atom. The van der Waals surface area contributed by atoms with Crippen molar-refractivity contribution in [1.29, 1.82) is 10.5 Å². The molecule has 5 rings (SSSR count). The zero-order valence-corrected chi connectivity index (χ0v) is 17.3. The van der Waals surface area contributed by atoms with E-state index in [0.717, 1.165) is 5.39 Å². The minimum Gasteiger partial charge on any atom is -0.489 e. The van der Waals surface area contributed by atoms with E-state index >= 15 is 0 Å². The number of ether oxygens (including phenoxy) is 1. The van der Waals surface area contributed by atoms with E-state index in [0.29, 0.717) is 39.5 Å². The maximum absolute atomic E-state index is 13.3. The monoisotopic (exact) mass is 442 g/mol. The van der Waals surface area contributed by atoms with Crippen molar-refractivity contribution < 1.29 is 17.6 Å². The molecule has 32 heavy (non-hydrogen) atoms. The summed E-state index contributed by atoms with van der Waals surface area (Å²) in [6.07, 6.45) is 3.00. The number of benzene rings is 2. The fourth-order valence-corrected chi connectivity index (χ4v) is 5.06. The molecule has 0 bridgehead atoms. The Labute approximate surface area is 183 Å². The summed E-state index contributed by atoms with van der Waals surface area (Å²) in [5.74, 6) is 0.806. The van der Waals surface area contributed by atoms with Gasteiger partial charge >= 0.3 is 0 Å². The van der Waals surface area contributed by atoms with E-state index in [4.69, 9.17) is 19.7 Å². The smallest absolute Gasteiger partial charge is 0.264 e. The number of aromatic nitrogens is 1. The predicted molar refractivity (Wildman–Crippen MR) is 115 cm³/mol. The molecule has 0 N–H and O–H groups in total. The Morgan fingerprint density at radius 2 is 1.72 bits per heavy atom. The second-order valence-corrected chi connectivity index (χ2v) is 8.93. The normalized spacial score (nSPS) is 13.1. The number of furan rings is 1. The fraction of sp³-hybridized carbons (Fsp3) is 0.0870. The molecular formula is C23H14N4O4S. The van der Waals surface area contributed by atoms with E-state index in [9.17, 15) is 8.42 Å². The maximum Gasteiger partial charge on any atom is 0.264 e. The van der Waals surface area contributed by atoms with Crippen LogP contribution < -0.4 is 9.04 Å². The lowest BCUT2D eigenvalue weighted by Gasteiger charge is -2.30. The zero-order chi connectivity index (χ0) is 22.3. The van der Waals surface area contributed by atoms with E-state index in [2.05, 4.69) is 11.1 Å². The average Bonchev–Trinajstić information content (AvgIpc) is 3.26. The van der Waals surface area contributed by atoms with Crippen molar-refractivity contribution in [3.05, 3.63) is 72.1 Å². The molecule has 0 fully saturated rings. The van der Waals surface area contributed by atoms with Crippen molar-refractivity contribution in [2.45, 2.75) is 4.90 Å². The lowest BCUT2D eigenvalue weighted by Crippen LogP contribution is -2.38.